The Morgan fingerprint density at radius 1 is 1.50 bits per heavy atom. The predicted molar refractivity (Wildman–Crippen MR) is 65.4 cm³/mol. The van der Waals surface area contributed by atoms with Crippen LogP contribution < -0.4 is 0 Å². The minimum absolute atomic E-state index is 0.0969. The highest BCUT2D eigenvalue weighted by Crippen LogP contribution is 2.52. The Kier molecular flexibility index (Phi) is 2.94. The van der Waals surface area contributed by atoms with E-state index in [0.29, 0.717) is 0 Å². The van der Waals surface area contributed by atoms with Crippen molar-refractivity contribution >= 4 is 11.6 Å². The normalized spacial score (nSPS) is 37.4. The van der Waals surface area contributed by atoms with Crippen molar-refractivity contribution in [1.82, 2.24) is 0 Å². The summed E-state index contributed by atoms with van der Waals surface area (Å²) >= 11 is 6.19. The molecule has 0 spiro atoms. The highest BCUT2D eigenvalue weighted by atomic mass is 35.5. The van der Waals surface area contributed by atoms with Gasteiger partial charge in [0.2, 0.25) is 0 Å². The Morgan fingerprint density at radius 2 is 2.12 bits per heavy atom. The van der Waals surface area contributed by atoms with Gasteiger partial charge in [-0.3, -0.25) is 0 Å². The van der Waals surface area contributed by atoms with Gasteiger partial charge >= 0.3 is 0 Å². The first-order valence-electron chi connectivity index (χ1n) is 5.75. The van der Waals surface area contributed by atoms with Gasteiger partial charge in [0, 0.05) is 17.6 Å². The largest absolute Gasteiger partial charge is 0.389 e. The minimum atomic E-state index is -0.662. The van der Waals surface area contributed by atoms with Crippen molar-refractivity contribution in [3.05, 3.63) is 22.8 Å². The van der Waals surface area contributed by atoms with E-state index in [4.69, 9.17) is 16.3 Å². The number of rotatable bonds is 2. The topological polar surface area (TPSA) is 29.5 Å². The monoisotopic (exact) mass is 242 g/mol. The van der Waals surface area contributed by atoms with Gasteiger partial charge in [0.1, 0.15) is 0 Å². The first-order chi connectivity index (χ1) is 7.43. The molecule has 16 heavy (non-hydrogen) atoms. The molecule has 2 rings (SSSR count). The van der Waals surface area contributed by atoms with Crippen molar-refractivity contribution in [3.8, 4) is 0 Å². The van der Waals surface area contributed by atoms with Crippen molar-refractivity contribution in [1.29, 1.82) is 0 Å². The molecule has 0 aromatic heterocycles. The Bertz CT molecular complexity index is 355. The molecular formula is C13H19ClO2. The Morgan fingerprint density at radius 3 is 2.56 bits per heavy atom. The number of hydrogen-bond acceptors (Lipinski definition) is 2. The maximum atomic E-state index is 10.6. The standard InChI is InChI=1S/C13H19ClO2/c1-9-7-11(16-3)12(2,8-10(9)14)13(15)5-4-6-13/h7-8,11,15H,4-6H2,1-3H3. The number of aliphatic hydroxyl groups is 1. The van der Waals surface area contributed by atoms with Gasteiger partial charge in [-0.1, -0.05) is 30.7 Å². The van der Waals surface area contributed by atoms with E-state index in [1.54, 1.807) is 7.11 Å². The van der Waals surface area contributed by atoms with Gasteiger partial charge in [-0.25, -0.2) is 0 Å². The van der Waals surface area contributed by atoms with E-state index in [1.807, 2.05) is 26.0 Å². The van der Waals surface area contributed by atoms with Gasteiger partial charge in [-0.05, 0) is 31.8 Å². The number of allylic oxidation sites excluding steroid dienone is 2. The molecule has 1 saturated carbocycles. The molecule has 2 aliphatic rings. The summed E-state index contributed by atoms with van der Waals surface area (Å²) < 4.78 is 5.51. The third-order valence-corrected chi connectivity index (χ3v) is 4.64. The average Bonchev–Trinajstić information content (AvgIpc) is 2.19. The fourth-order valence-electron chi connectivity index (χ4n) is 2.70. The SMILES string of the molecule is COC1C=C(C)C(Cl)=CC1(C)C1(O)CCC1. The molecule has 0 aliphatic heterocycles. The molecule has 0 bridgehead atoms. The van der Waals surface area contributed by atoms with Crippen LogP contribution in [-0.4, -0.2) is 23.9 Å². The average molecular weight is 243 g/mol. The molecule has 2 unspecified atom stereocenters. The molecule has 2 nitrogen and oxygen atoms in total. The van der Waals surface area contributed by atoms with Gasteiger partial charge in [-0.15, -0.1) is 0 Å². The molecule has 0 radical (unpaired) electrons. The van der Waals surface area contributed by atoms with Crippen molar-refractivity contribution in [2.45, 2.75) is 44.8 Å². The van der Waals surface area contributed by atoms with E-state index in [0.717, 1.165) is 29.9 Å². The van der Waals surface area contributed by atoms with Crippen LogP contribution in [0.3, 0.4) is 0 Å². The second-order valence-electron chi connectivity index (χ2n) is 5.17. The van der Waals surface area contributed by atoms with Crippen molar-refractivity contribution in [3.63, 3.8) is 0 Å². The van der Waals surface area contributed by atoms with E-state index < -0.39 is 11.0 Å². The van der Waals surface area contributed by atoms with Crippen LogP contribution in [0.1, 0.15) is 33.1 Å². The predicted octanol–water partition coefficient (Wildman–Crippen LogP) is 3.01. The first-order valence-corrected chi connectivity index (χ1v) is 6.13. The summed E-state index contributed by atoms with van der Waals surface area (Å²) in [6, 6.07) is 0. The molecular weight excluding hydrogens is 224 g/mol. The van der Waals surface area contributed by atoms with Gasteiger partial charge < -0.3 is 9.84 Å². The van der Waals surface area contributed by atoms with Gasteiger partial charge in [-0.2, -0.15) is 0 Å². The summed E-state index contributed by atoms with van der Waals surface area (Å²) in [6.07, 6.45) is 6.63. The second-order valence-corrected chi connectivity index (χ2v) is 5.57. The molecule has 1 fully saturated rings. The van der Waals surface area contributed by atoms with Crippen molar-refractivity contribution in [2.24, 2.45) is 5.41 Å². The van der Waals surface area contributed by atoms with Gasteiger partial charge in [0.15, 0.2) is 0 Å². The van der Waals surface area contributed by atoms with Gasteiger partial charge in [0.25, 0.3) is 0 Å². The zero-order chi connectivity index (χ0) is 12.0. The molecule has 3 heteroatoms. The van der Waals surface area contributed by atoms with Crippen molar-refractivity contribution in [2.75, 3.05) is 7.11 Å². The zero-order valence-electron chi connectivity index (χ0n) is 10.1. The van der Waals surface area contributed by atoms with E-state index in [1.165, 1.54) is 0 Å². The first kappa shape index (κ1) is 12.2. The highest BCUT2D eigenvalue weighted by Gasteiger charge is 2.54. The van der Waals surface area contributed by atoms with Crippen LogP contribution in [0, 0.1) is 5.41 Å². The van der Waals surface area contributed by atoms with Crippen LogP contribution in [0.4, 0.5) is 0 Å². The number of ether oxygens (including phenoxy) is 1. The molecule has 2 atom stereocenters. The quantitative estimate of drug-likeness (QED) is 0.807. The smallest absolute Gasteiger partial charge is 0.0874 e. The molecule has 2 aliphatic carbocycles. The van der Waals surface area contributed by atoms with Crippen LogP contribution in [0.25, 0.3) is 0 Å². The zero-order valence-corrected chi connectivity index (χ0v) is 10.8. The molecule has 0 aromatic rings. The van der Waals surface area contributed by atoms with E-state index in [9.17, 15) is 5.11 Å². The van der Waals surface area contributed by atoms with Gasteiger partial charge in [0.05, 0.1) is 11.7 Å². The second kappa shape index (κ2) is 3.86. The summed E-state index contributed by atoms with van der Waals surface area (Å²) in [7, 11) is 1.68. The van der Waals surface area contributed by atoms with Crippen molar-refractivity contribution < 1.29 is 9.84 Å². The van der Waals surface area contributed by atoms with Crippen LogP contribution in [0.2, 0.25) is 0 Å². The lowest BCUT2D eigenvalue weighted by Gasteiger charge is -2.53. The van der Waals surface area contributed by atoms with Crippen LogP contribution in [-0.2, 0) is 4.74 Å². The third-order valence-electron chi connectivity index (χ3n) is 4.23. The molecule has 0 amide bonds. The summed E-state index contributed by atoms with van der Waals surface area (Å²) in [5, 5.41) is 11.3. The Balaban J connectivity index is 2.39. The van der Waals surface area contributed by atoms with Crippen LogP contribution in [0.15, 0.2) is 22.8 Å². The Hall–Kier alpha value is -0.310. The van der Waals surface area contributed by atoms with E-state index >= 15 is 0 Å². The maximum absolute atomic E-state index is 10.6. The summed E-state index contributed by atoms with van der Waals surface area (Å²) in [5.74, 6) is 0. The minimum Gasteiger partial charge on any atom is -0.389 e. The molecule has 90 valence electrons. The summed E-state index contributed by atoms with van der Waals surface area (Å²) in [6.45, 7) is 4.00. The molecule has 1 N–H and O–H groups in total. The summed E-state index contributed by atoms with van der Waals surface area (Å²) in [4.78, 5) is 0. The molecule has 0 saturated heterocycles. The molecule has 0 aromatic carbocycles. The fraction of sp³-hybridized carbons (Fsp3) is 0.692. The Labute approximate surface area is 102 Å². The van der Waals surface area contributed by atoms with E-state index in [2.05, 4.69) is 0 Å². The fourth-order valence-corrected chi connectivity index (χ4v) is 2.99. The summed E-state index contributed by atoms with van der Waals surface area (Å²) in [5.41, 5.74) is -0.0457. The number of methoxy groups -OCH3 is 1. The lowest BCUT2D eigenvalue weighted by molar-refractivity contribution is -0.150. The maximum Gasteiger partial charge on any atom is 0.0874 e. The number of halogens is 1. The van der Waals surface area contributed by atoms with Crippen LogP contribution in [0.5, 0.6) is 0 Å². The lowest BCUT2D eigenvalue weighted by atomic mass is 9.58. The lowest BCUT2D eigenvalue weighted by Crippen LogP contribution is -2.57. The number of hydrogen-bond donors (Lipinski definition) is 1. The molecule has 0 heterocycles. The van der Waals surface area contributed by atoms with E-state index in [-0.39, 0.29) is 6.10 Å². The highest BCUT2D eigenvalue weighted by molar-refractivity contribution is 6.32. The van der Waals surface area contributed by atoms with Crippen LogP contribution >= 0.6 is 11.6 Å². The third kappa shape index (κ3) is 1.55.